The van der Waals surface area contributed by atoms with E-state index in [1.807, 2.05) is 36.5 Å². The molecule has 8 rings (SSSR count). The second kappa shape index (κ2) is 16.5. The van der Waals surface area contributed by atoms with Crippen LogP contribution in [0, 0.1) is 12.1 Å². The zero-order chi connectivity index (χ0) is 37.1. The number of benzene rings is 6. The van der Waals surface area contributed by atoms with Crippen molar-refractivity contribution < 1.29 is 20.1 Å². The van der Waals surface area contributed by atoms with E-state index in [0.29, 0.717) is 11.8 Å². The van der Waals surface area contributed by atoms with Gasteiger partial charge >= 0.3 is 0 Å². The molecule has 0 bridgehead atoms. The van der Waals surface area contributed by atoms with E-state index in [1.54, 1.807) is 0 Å². The van der Waals surface area contributed by atoms with Crippen LogP contribution in [0.15, 0.2) is 146 Å². The molecule has 2 heterocycles. The maximum atomic E-state index is 5.22. The molecule has 0 aliphatic rings. The summed E-state index contributed by atoms with van der Waals surface area (Å²) in [6, 6.07) is 55.5. The molecule has 0 saturated heterocycles. The minimum absolute atomic E-state index is 0. The van der Waals surface area contributed by atoms with Gasteiger partial charge in [0, 0.05) is 32.0 Å². The van der Waals surface area contributed by atoms with Crippen molar-refractivity contribution in [2.45, 2.75) is 65.7 Å². The van der Waals surface area contributed by atoms with Crippen LogP contribution >= 0.6 is 0 Å². The maximum Gasteiger partial charge on any atom is 0.0774 e. The maximum absolute atomic E-state index is 5.22. The molecule has 3 nitrogen and oxygen atoms in total. The summed E-state index contributed by atoms with van der Waals surface area (Å²) >= 11 is 0. The number of imidazole rings is 1. The number of para-hydroxylation sites is 2. The van der Waals surface area contributed by atoms with Crippen molar-refractivity contribution in [2.75, 3.05) is 0 Å². The van der Waals surface area contributed by atoms with E-state index in [0.717, 1.165) is 33.7 Å². The first-order valence-corrected chi connectivity index (χ1v) is 18.6. The van der Waals surface area contributed by atoms with Crippen LogP contribution in [-0.2, 0) is 25.5 Å². The number of hydrogen-bond acceptors (Lipinski definition) is 2. The summed E-state index contributed by atoms with van der Waals surface area (Å²) in [7, 11) is 0. The van der Waals surface area contributed by atoms with Crippen LogP contribution in [0.5, 0.6) is 0 Å². The van der Waals surface area contributed by atoms with Crippen LogP contribution < -0.4 is 0 Å². The molecule has 6 aromatic carbocycles. The van der Waals surface area contributed by atoms with Crippen LogP contribution in [0.4, 0.5) is 0 Å². The Kier molecular flexibility index (Phi) is 11.8. The van der Waals surface area contributed by atoms with Gasteiger partial charge in [0.2, 0.25) is 0 Å². The van der Waals surface area contributed by atoms with Crippen LogP contribution in [0.1, 0.15) is 77.0 Å². The van der Waals surface area contributed by atoms with Crippen molar-refractivity contribution in [2.24, 2.45) is 0 Å². The van der Waals surface area contributed by atoms with Crippen molar-refractivity contribution in [3.05, 3.63) is 175 Å². The van der Waals surface area contributed by atoms with Crippen LogP contribution in [0.25, 0.3) is 61.3 Å². The van der Waals surface area contributed by atoms with Gasteiger partial charge in [-0.2, -0.15) is 0 Å². The molecule has 0 atom stereocenters. The minimum Gasteiger partial charge on any atom is -0.333 e. The quantitative estimate of drug-likeness (QED) is 0.156. The summed E-state index contributed by atoms with van der Waals surface area (Å²) in [6.07, 6.45) is 1.95. The molecule has 0 N–H and O–H groups in total. The van der Waals surface area contributed by atoms with Crippen molar-refractivity contribution in [3.8, 4) is 39.5 Å². The standard InChI is InChI=1S/C35H31N2.C15H16N.Ir/c1-23(2)30-21-27(25-13-6-5-7-14-25)22-31(24(3)4)34(30)37-33-20-11-10-19-32(33)36-35(37)29-18-12-16-26-15-8-9-17-28(26)29;1-15(2,3)13-9-10-14(16-11-13)12-7-5-4-6-8-12;/h5-17,19-24H,1-4H3;4-7,9-11H,1-3H3;/q2*-1;. The van der Waals surface area contributed by atoms with Gasteiger partial charge in [0.05, 0.1) is 16.9 Å². The number of nitrogens with zero attached hydrogens (tertiary/aromatic N) is 3. The van der Waals surface area contributed by atoms with E-state index in [4.69, 9.17) is 4.98 Å². The molecule has 273 valence electrons. The van der Waals surface area contributed by atoms with Gasteiger partial charge in [0.1, 0.15) is 0 Å². The van der Waals surface area contributed by atoms with E-state index in [1.165, 1.54) is 44.3 Å². The summed E-state index contributed by atoms with van der Waals surface area (Å²) in [4.78, 5) is 9.71. The summed E-state index contributed by atoms with van der Waals surface area (Å²) in [5.41, 5.74) is 13.0. The molecule has 0 aliphatic carbocycles. The topological polar surface area (TPSA) is 30.7 Å². The Balaban J connectivity index is 0.000000246. The van der Waals surface area contributed by atoms with Crippen LogP contribution in [0.2, 0.25) is 0 Å². The Labute approximate surface area is 334 Å². The molecular formula is C50H47IrN3-2. The van der Waals surface area contributed by atoms with Gasteiger partial charge in [-0.1, -0.05) is 133 Å². The van der Waals surface area contributed by atoms with Gasteiger partial charge in [-0.15, -0.1) is 65.0 Å². The minimum atomic E-state index is 0. The molecule has 0 fully saturated rings. The second-order valence-electron chi connectivity index (χ2n) is 15.3. The molecule has 0 spiro atoms. The van der Waals surface area contributed by atoms with Gasteiger partial charge in [-0.05, 0) is 75.0 Å². The molecule has 2 aromatic heterocycles. The predicted octanol–water partition coefficient (Wildman–Crippen LogP) is 13.4. The second-order valence-corrected chi connectivity index (χ2v) is 15.3. The smallest absolute Gasteiger partial charge is 0.0774 e. The first kappa shape index (κ1) is 38.6. The largest absolute Gasteiger partial charge is 0.333 e. The fourth-order valence-corrected chi connectivity index (χ4v) is 6.93. The predicted molar refractivity (Wildman–Crippen MR) is 224 cm³/mol. The third kappa shape index (κ3) is 8.02. The number of fused-ring (bicyclic) bond motifs is 2. The summed E-state index contributed by atoms with van der Waals surface area (Å²) in [5, 5.41) is 2.36. The average Bonchev–Trinajstić information content (AvgIpc) is 3.57. The van der Waals surface area contributed by atoms with Gasteiger partial charge in [-0.25, -0.2) is 0 Å². The first-order valence-electron chi connectivity index (χ1n) is 18.6. The first-order chi connectivity index (χ1) is 25.6. The zero-order valence-electron chi connectivity index (χ0n) is 32.2. The molecule has 4 heteroatoms. The van der Waals surface area contributed by atoms with Gasteiger partial charge in [-0.3, -0.25) is 4.98 Å². The van der Waals surface area contributed by atoms with Crippen molar-refractivity contribution in [1.82, 2.24) is 14.5 Å². The Hall–Kier alpha value is -5.15. The van der Waals surface area contributed by atoms with Crippen LogP contribution in [-0.4, -0.2) is 14.5 Å². The Morgan fingerprint density at radius 3 is 1.94 bits per heavy atom. The van der Waals surface area contributed by atoms with Gasteiger partial charge in [0.15, 0.2) is 0 Å². The van der Waals surface area contributed by atoms with Crippen LogP contribution in [0.3, 0.4) is 0 Å². The Morgan fingerprint density at radius 2 is 1.30 bits per heavy atom. The summed E-state index contributed by atoms with van der Waals surface area (Å²) in [6.45, 7) is 15.7. The molecule has 54 heavy (non-hydrogen) atoms. The van der Waals surface area contributed by atoms with E-state index < -0.39 is 0 Å². The Bertz CT molecular complexity index is 2440. The van der Waals surface area contributed by atoms with Crippen molar-refractivity contribution in [3.63, 3.8) is 0 Å². The third-order valence-corrected chi connectivity index (χ3v) is 9.86. The Morgan fingerprint density at radius 1 is 0.630 bits per heavy atom. The fourth-order valence-electron chi connectivity index (χ4n) is 6.93. The number of pyridine rings is 1. The SMILES string of the molecule is CC(C)(C)c1ccc(-c2[c-]cccc2)nc1.CC(C)c1cc(-c2ccccc2)cc(C(C)C)c1-n1c(-c2[c-]ccc3ccccc23)nc2ccccc21.[Ir]. The molecule has 8 aromatic rings. The number of rotatable bonds is 6. The summed E-state index contributed by atoms with van der Waals surface area (Å²) < 4.78 is 2.40. The molecule has 0 aliphatic heterocycles. The average molecular weight is 882 g/mol. The zero-order valence-corrected chi connectivity index (χ0v) is 34.6. The van der Waals surface area contributed by atoms with Gasteiger partial charge < -0.3 is 9.55 Å². The summed E-state index contributed by atoms with van der Waals surface area (Å²) in [5.74, 6) is 1.61. The molecule has 0 amide bonds. The molecule has 0 unspecified atom stereocenters. The molecule has 1 radical (unpaired) electrons. The number of aromatic nitrogens is 3. The van der Waals surface area contributed by atoms with Crippen molar-refractivity contribution in [1.29, 1.82) is 0 Å². The fraction of sp³-hybridized carbons (Fsp3) is 0.200. The monoisotopic (exact) mass is 882 g/mol. The molecular weight excluding hydrogens is 835 g/mol. The van der Waals surface area contributed by atoms with E-state index >= 15 is 0 Å². The van der Waals surface area contributed by atoms with Crippen molar-refractivity contribution >= 4 is 21.8 Å². The van der Waals surface area contributed by atoms with E-state index in [9.17, 15) is 0 Å². The van der Waals surface area contributed by atoms with E-state index in [2.05, 4.69) is 179 Å². The normalized spacial score (nSPS) is 11.4. The molecule has 0 saturated carbocycles. The van der Waals surface area contributed by atoms with Gasteiger partial charge in [0.25, 0.3) is 0 Å². The van der Waals surface area contributed by atoms with E-state index in [-0.39, 0.29) is 25.5 Å². The third-order valence-electron chi connectivity index (χ3n) is 9.86. The number of hydrogen-bond donors (Lipinski definition) is 0.